The lowest BCUT2D eigenvalue weighted by Gasteiger charge is -2.13. The summed E-state index contributed by atoms with van der Waals surface area (Å²) < 4.78 is 12.3. The highest BCUT2D eigenvalue weighted by molar-refractivity contribution is 9.10. The van der Waals surface area contributed by atoms with Crippen molar-refractivity contribution in [1.29, 1.82) is 0 Å². The van der Waals surface area contributed by atoms with Crippen LogP contribution in [0.2, 0.25) is 0 Å². The third-order valence-electron chi connectivity index (χ3n) is 4.94. The molecule has 168 valence electrons. The second-order valence-corrected chi connectivity index (χ2v) is 9.31. The number of hydrogen-bond donors (Lipinski definition) is 0. The normalized spacial score (nSPS) is 14.7. The number of carbonyl (C=O) groups is 2. The van der Waals surface area contributed by atoms with E-state index in [-0.39, 0.29) is 24.3 Å². The molecule has 1 aliphatic rings. The molecule has 1 aliphatic heterocycles. The lowest BCUT2D eigenvalue weighted by molar-refractivity contribution is -0.123. The molecule has 1 fully saturated rings. The second-order valence-electron chi connectivity index (χ2n) is 7.46. The highest BCUT2D eigenvalue weighted by Gasteiger charge is 2.34. The van der Waals surface area contributed by atoms with Gasteiger partial charge in [-0.1, -0.05) is 48.5 Å². The Morgan fingerprint density at radius 3 is 2.55 bits per heavy atom. The fourth-order valence-corrected chi connectivity index (χ4v) is 4.64. The van der Waals surface area contributed by atoms with Gasteiger partial charge in [0, 0.05) is 0 Å². The Kier molecular flexibility index (Phi) is 7.52. The molecule has 3 aromatic carbocycles. The molecule has 0 aliphatic carbocycles. The standard InChI is InChI=1S/C26H22BrNO4S/c1-18-6-5-9-21(14-18)31-13-12-28-25(29)24(33-26(28)30)16-20-10-11-23(22(27)15-20)32-17-19-7-3-2-4-8-19/h2-11,14-16H,12-13,17H2,1H3/b24-16-. The van der Waals surface area contributed by atoms with Crippen molar-refractivity contribution in [1.82, 2.24) is 4.90 Å². The lowest BCUT2D eigenvalue weighted by Crippen LogP contribution is -2.32. The number of aryl methyl sites for hydroxylation is 1. The molecular weight excluding hydrogens is 502 g/mol. The molecule has 3 aromatic rings. The largest absolute Gasteiger partial charge is 0.492 e. The molecule has 0 spiro atoms. The number of halogens is 1. The molecule has 33 heavy (non-hydrogen) atoms. The molecule has 1 saturated heterocycles. The molecular formula is C26H22BrNO4S. The molecule has 7 heteroatoms. The summed E-state index contributed by atoms with van der Waals surface area (Å²) in [7, 11) is 0. The van der Waals surface area contributed by atoms with Crippen LogP contribution in [-0.4, -0.2) is 29.2 Å². The number of nitrogens with zero attached hydrogens (tertiary/aromatic N) is 1. The van der Waals surface area contributed by atoms with Gasteiger partial charge in [-0.05, 0) is 81.6 Å². The van der Waals surface area contributed by atoms with E-state index in [0.717, 1.165) is 38.7 Å². The van der Waals surface area contributed by atoms with Crippen LogP contribution in [0.25, 0.3) is 6.08 Å². The fourth-order valence-electron chi connectivity index (χ4n) is 3.26. The second kappa shape index (κ2) is 10.7. The average Bonchev–Trinajstić information content (AvgIpc) is 3.06. The van der Waals surface area contributed by atoms with Crippen LogP contribution in [0.4, 0.5) is 4.79 Å². The number of carbonyl (C=O) groups excluding carboxylic acids is 2. The molecule has 0 N–H and O–H groups in total. The molecule has 2 amide bonds. The molecule has 0 radical (unpaired) electrons. The van der Waals surface area contributed by atoms with Gasteiger partial charge in [0.05, 0.1) is 15.9 Å². The highest BCUT2D eigenvalue weighted by Crippen LogP contribution is 2.34. The predicted molar refractivity (Wildman–Crippen MR) is 134 cm³/mol. The maximum absolute atomic E-state index is 12.8. The zero-order valence-corrected chi connectivity index (χ0v) is 20.4. The van der Waals surface area contributed by atoms with Gasteiger partial charge in [0.2, 0.25) is 0 Å². The average molecular weight is 524 g/mol. The minimum absolute atomic E-state index is 0.200. The first kappa shape index (κ1) is 23.1. The minimum atomic E-state index is -0.307. The van der Waals surface area contributed by atoms with Crippen molar-refractivity contribution in [2.45, 2.75) is 13.5 Å². The summed E-state index contributed by atoms with van der Waals surface area (Å²) in [5, 5.41) is -0.291. The van der Waals surface area contributed by atoms with E-state index in [1.54, 1.807) is 6.08 Å². The Labute approximate surface area is 205 Å². The Bertz CT molecular complexity index is 1200. The van der Waals surface area contributed by atoms with E-state index in [2.05, 4.69) is 15.9 Å². The van der Waals surface area contributed by atoms with E-state index >= 15 is 0 Å². The molecule has 0 aromatic heterocycles. The molecule has 0 unspecified atom stereocenters. The number of benzene rings is 3. The van der Waals surface area contributed by atoms with Crippen molar-refractivity contribution >= 4 is 44.9 Å². The Balaban J connectivity index is 1.36. The first-order valence-corrected chi connectivity index (χ1v) is 12.0. The smallest absolute Gasteiger partial charge is 0.293 e. The molecule has 5 nitrogen and oxygen atoms in total. The number of rotatable bonds is 8. The summed E-state index contributed by atoms with van der Waals surface area (Å²) >= 11 is 4.47. The zero-order valence-electron chi connectivity index (χ0n) is 18.0. The van der Waals surface area contributed by atoms with Crippen LogP contribution in [0.15, 0.2) is 82.2 Å². The number of hydrogen-bond acceptors (Lipinski definition) is 5. The summed E-state index contributed by atoms with van der Waals surface area (Å²) in [6, 6.07) is 23.1. The van der Waals surface area contributed by atoms with Crippen molar-refractivity contribution in [3.05, 3.63) is 98.9 Å². The summed E-state index contributed by atoms with van der Waals surface area (Å²) in [4.78, 5) is 26.7. The van der Waals surface area contributed by atoms with Gasteiger partial charge in [0.25, 0.3) is 11.1 Å². The van der Waals surface area contributed by atoms with Crippen LogP contribution >= 0.6 is 27.7 Å². The number of amides is 2. The van der Waals surface area contributed by atoms with Crippen molar-refractivity contribution in [3.8, 4) is 11.5 Å². The van der Waals surface area contributed by atoms with E-state index in [1.165, 1.54) is 4.90 Å². The molecule has 0 bridgehead atoms. The van der Waals surface area contributed by atoms with Crippen LogP contribution in [0.1, 0.15) is 16.7 Å². The van der Waals surface area contributed by atoms with Gasteiger partial charge in [-0.3, -0.25) is 14.5 Å². The number of thioether (sulfide) groups is 1. The highest BCUT2D eigenvalue weighted by atomic mass is 79.9. The van der Waals surface area contributed by atoms with Crippen LogP contribution in [0.3, 0.4) is 0 Å². The van der Waals surface area contributed by atoms with Gasteiger partial charge in [0.1, 0.15) is 24.7 Å². The Morgan fingerprint density at radius 1 is 0.970 bits per heavy atom. The van der Waals surface area contributed by atoms with E-state index in [0.29, 0.717) is 17.3 Å². The van der Waals surface area contributed by atoms with Crippen molar-refractivity contribution in [3.63, 3.8) is 0 Å². The first-order valence-electron chi connectivity index (χ1n) is 10.4. The summed E-state index contributed by atoms with van der Waals surface area (Å²) in [5.74, 6) is 1.12. The third kappa shape index (κ3) is 6.06. The first-order chi connectivity index (χ1) is 16.0. The van der Waals surface area contributed by atoms with Gasteiger partial charge in [-0.15, -0.1) is 0 Å². The van der Waals surface area contributed by atoms with Crippen LogP contribution < -0.4 is 9.47 Å². The van der Waals surface area contributed by atoms with Crippen LogP contribution in [0, 0.1) is 6.92 Å². The van der Waals surface area contributed by atoms with Gasteiger partial charge >= 0.3 is 0 Å². The van der Waals surface area contributed by atoms with E-state index in [9.17, 15) is 9.59 Å². The number of imide groups is 1. The van der Waals surface area contributed by atoms with E-state index in [4.69, 9.17) is 9.47 Å². The quantitative estimate of drug-likeness (QED) is 0.317. The van der Waals surface area contributed by atoms with Crippen molar-refractivity contribution < 1.29 is 19.1 Å². The maximum Gasteiger partial charge on any atom is 0.293 e. The number of ether oxygens (including phenoxy) is 2. The van der Waals surface area contributed by atoms with Crippen LogP contribution in [-0.2, 0) is 11.4 Å². The van der Waals surface area contributed by atoms with Crippen molar-refractivity contribution in [2.24, 2.45) is 0 Å². The van der Waals surface area contributed by atoms with E-state index < -0.39 is 0 Å². The monoisotopic (exact) mass is 523 g/mol. The Morgan fingerprint density at radius 2 is 1.79 bits per heavy atom. The van der Waals surface area contributed by atoms with Gasteiger partial charge in [-0.2, -0.15) is 0 Å². The third-order valence-corrected chi connectivity index (χ3v) is 6.46. The topological polar surface area (TPSA) is 55.8 Å². The molecule has 1 heterocycles. The van der Waals surface area contributed by atoms with Crippen molar-refractivity contribution in [2.75, 3.05) is 13.2 Å². The van der Waals surface area contributed by atoms with Gasteiger partial charge < -0.3 is 9.47 Å². The van der Waals surface area contributed by atoms with Crippen LogP contribution in [0.5, 0.6) is 11.5 Å². The van der Waals surface area contributed by atoms with Gasteiger partial charge in [-0.25, -0.2) is 0 Å². The maximum atomic E-state index is 12.8. The van der Waals surface area contributed by atoms with Gasteiger partial charge in [0.15, 0.2) is 0 Å². The summed E-state index contributed by atoms with van der Waals surface area (Å²) in [5.41, 5.74) is 2.97. The fraction of sp³-hybridized carbons (Fsp3) is 0.154. The summed E-state index contributed by atoms with van der Waals surface area (Å²) in [6.07, 6.45) is 1.72. The molecule has 0 saturated carbocycles. The lowest BCUT2D eigenvalue weighted by atomic mass is 10.2. The Hall–Kier alpha value is -3.03. The predicted octanol–water partition coefficient (Wildman–Crippen LogP) is 6.45. The van der Waals surface area contributed by atoms with E-state index in [1.807, 2.05) is 79.7 Å². The summed E-state index contributed by atoms with van der Waals surface area (Å²) in [6.45, 7) is 2.89. The molecule has 0 atom stereocenters. The SMILES string of the molecule is Cc1cccc(OCCN2C(=O)S/C(=C\c3ccc(OCc4ccccc4)c(Br)c3)C2=O)c1. The zero-order chi connectivity index (χ0) is 23.2. The molecule has 4 rings (SSSR count). The minimum Gasteiger partial charge on any atom is -0.492 e.